The third-order valence-electron chi connectivity index (χ3n) is 3.78. The summed E-state index contributed by atoms with van der Waals surface area (Å²) in [6.07, 6.45) is 0.961. The van der Waals surface area contributed by atoms with Gasteiger partial charge in [-0.1, -0.05) is 35.9 Å². The van der Waals surface area contributed by atoms with Gasteiger partial charge in [0.25, 0.3) is 0 Å². The molecule has 3 aromatic rings. The number of aryl methyl sites for hydroxylation is 1. The van der Waals surface area contributed by atoms with Crippen molar-refractivity contribution in [3.8, 4) is 0 Å². The SMILES string of the molecule is Cc1cccc(Cc2nc(CCNS(=O)(=O)c3cccc(F)c3)n[nH]2)c1. The number of rotatable bonds is 7. The molecular weight excluding hydrogens is 355 g/mol. The maximum Gasteiger partial charge on any atom is 0.240 e. The van der Waals surface area contributed by atoms with Crippen molar-refractivity contribution in [1.29, 1.82) is 0 Å². The molecule has 0 radical (unpaired) electrons. The molecule has 0 fully saturated rings. The number of nitrogens with zero attached hydrogens (tertiary/aromatic N) is 2. The average Bonchev–Trinajstić information content (AvgIpc) is 3.02. The van der Waals surface area contributed by atoms with Crippen LogP contribution in [0.1, 0.15) is 22.8 Å². The predicted octanol–water partition coefficient (Wildman–Crippen LogP) is 2.36. The van der Waals surface area contributed by atoms with E-state index in [0.29, 0.717) is 18.7 Å². The molecule has 0 aliphatic carbocycles. The second-order valence-electron chi connectivity index (χ2n) is 5.97. The first-order chi connectivity index (χ1) is 12.4. The first-order valence-corrected chi connectivity index (χ1v) is 9.62. The number of aromatic amines is 1. The van der Waals surface area contributed by atoms with Crippen molar-refractivity contribution in [3.63, 3.8) is 0 Å². The van der Waals surface area contributed by atoms with Crippen LogP contribution >= 0.6 is 0 Å². The first-order valence-electron chi connectivity index (χ1n) is 8.13. The fourth-order valence-corrected chi connectivity index (χ4v) is 3.62. The molecule has 1 heterocycles. The van der Waals surface area contributed by atoms with Crippen molar-refractivity contribution in [2.45, 2.75) is 24.7 Å². The molecule has 26 heavy (non-hydrogen) atoms. The summed E-state index contributed by atoms with van der Waals surface area (Å²) in [5, 5.41) is 6.98. The Bertz CT molecular complexity index is 1000. The summed E-state index contributed by atoms with van der Waals surface area (Å²) in [6, 6.07) is 13.0. The van der Waals surface area contributed by atoms with Crippen molar-refractivity contribution in [2.75, 3.05) is 6.54 Å². The van der Waals surface area contributed by atoms with Gasteiger partial charge in [0.15, 0.2) is 5.82 Å². The van der Waals surface area contributed by atoms with Gasteiger partial charge >= 0.3 is 0 Å². The van der Waals surface area contributed by atoms with Crippen LogP contribution in [0, 0.1) is 12.7 Å². The smallest absolute Gasteiger partial charge is 0.240 e. The number of nitrogens with one attached hydrogen (secondary N) is 2. The molecule has 6 nitrogen and oxygen atoms in total. The van der Waals surface area contributed by atoms with Crippen LogP contribution in [0.25, 0.3) is 0 Å². The Hall–Kier alpha value is -2.58. The van der Waals surface area contributed by atoms with Crippen molar-refractivity contribution in [3.05, 3.63) is 77.1 Å². The Morgan fingerprint density at radius 3 is 2.73 bits per heavy atom. The third-order valence-corrected chi connectivity index (χ3v) is 5.24. The lowest BCUT2D eigenvalue weighted by molar-refractivity contribution is 0.577. The molecule has 0 spiro atoms. The number of hydrogen-bond donors (Lipinski definition) is 2. The van der Waals surface area contributed by atoms with E-state index in [0.717, 1.165) is 17.5 Å². The number of sulfonamides is 1. The Balaban J connectivity index is 1.56. The number of aromatic nitrogens is 3. The fraction of sp³-hybridized carbons (Fsp3) is 0.222. The van der Waals surface area contributed by atoms with Gasteiger partial charge in [0.2, 0.25) is 10.0 Å². The summed E-state index contributed by atoms with van der Waals surface area (Å²) in [4.78, 5) is 4.28. The van der Waals surface area contributed by atoms with Crippen LogP contribution in [0.5, 0.6) is 0 Å². The Morgan fingerprint density at radius 2 is 1.96 bits per heavy atom. The molecule has 136 valence electrons. The monoisotopic (exact) mass is 374 g/mol. The zero-order valence-corrected chi connectivity index (χ0v) is 15.1. The average molecular weight is 374 g/mol. The Kier molecular flexibility index (Phi) is 5.43. The molecule has 2 aromatic carbocycles. The van der Waals surface area contributed by atoms with Crippen LogP contribution in [0.3, 0.4) is 0 Å². The molecule has 0 bridgehead atoms. The van der Waals surface area contributed by atoms with E-state index in [1.807, 2.05) is 25.1 Å². The van der Waals surface area contributed by atoms with Gasteiger partial charge in [-0.25, -0.2) is 22.5 Å². The van der Waals surface area contributed by atoms with Gasteiger partial charge in [0, 0.05) is 19.4 Å². The van der Waals surface area contributed by atoms with Gasteiger partial charge in [0.1, 0.15) is 11.6 Å². The van der Waals surface area contributed by atoms with Crippen LogP contribution in [0.4, 0.5) is 4.39 Å². The summed E-state index contributed by atoms with van der Waals surface area (Å²) >= 11 is 0. The van der Waals surface area contributed by atoms with Gasteiger partial charge in [-0.2, -0.15) is 5.10 Å². The topological polar surface area (TPSA) is 87.7 Å². The van der Waals surface area contributed by atoms with Gasteiger partial charge in [0.05, 0.1) is 4.90 Å². The minimum absolute atomic E-state index is 0.104. The first kappa shape index (κ1) is 18.2. The number of H-pyrrole nitrogens is 1. The van der Waals surface area contributed by atoms with Gasteiger partial charge in [-0.05, 0) is 30.7 Å². The Morgan fingerprint density at radius 1 is 1.15 bits per heavy atom. The highest BCUT2D eigenvalue weighted by Gasteiger charge is 2.14. The van der Waals surface area contributed by atoms with Crippen molar-refractivity contribution in [2.24, 2.45) is 0 Å². The van der Waals surface area contributed by atoms with E-state index < -0.39 is 15.8 Å². The van der Waals surface area contributed by atoms with Crippen molar-refractivity contribution in [1.82, 2.24) is 19.9 Å². The summed E-state index contributed by atoms with van der Waals surface area (Å²) in [7, 11) is -3.76. The lowest BCUT2D eigenvalue weighted by Gasteiger charge is -2.05. The van der Waals surface area contributed by atoms with Gasteiger partial charge in [-0.3, -0.25) is 5.10 Å². The molecule has 0 atom stereocenters. The van der Waals surface area contributed by atoms with E-state index in [2.05, 4.69) is 26.0 Å². The maximum absolute atomic E-state index is 13.2. The fourth-order valence-electron chi connectivity index (χ4n) is 2.56. The minimum Gasteiger partial charge on any atom is -0.263 e. The van der Waals surface area contributed by atoms with E-state index >= 15 is 0 Å². The normalized spacial score (nSPS) is 11.6. The lowest BCUT2D eigenvalue weighted by atomic mass is 10.1. The minimum atomic E-state index is -3.76. The van der Waals surface area contributed by atoms with Crippen LogP contribution in [-0.4, -0.2) is 30.1 Å². The van der Waals surface area contributed by atoms with Gasteiger partial charge < -0.3 is 0 Å². The van der Waals surface area contributed by atoms with E-state index in [1.54, 1.807) is 0 Å². The highest BCUT2D eigenvalue weighted by Crippen LogP contribution is 2.11. The standard InChI is InChI=1S/C18H19FN4O2S/c1-13-4-2-5-14(10-13)11-18-21-17(22-23-18)8-9-20-26(24,25)16-7-3-6-15(19)12-16/h2-7,10,12,20H,8-9,11H2,1H3,(H,21,22,23). The van der Waals surface area contributed by atoms with Crippen LogP contribution in [0.2, 0.25) is 0 Å². The molecule has 0 saturated heterocycles. The largest absolute Gasteiger partial charge is 0.263 e. The van der Waals surface area contributed by atoms with Crippen LogP contribution in [-0.2, 0) is 22.9 Å². The van der Waals surface area contributed by atoms with Crippen molar-refractivity contribution >= 4 is 10.0 Å². The molecule has 0 aliphatic heterocycles. The summed E-state index contributed by atoms with van der Waals surface area (Å²) < 4.78 is 39.9. The molecule has 2 N–H and O–H groups in total. The van der Waals surface area contributed by atoms with Crippen LogP contribution in [0.15, 0.2) is 53.4 Å². The molecule has 8 heteroatoms. The second kappa shape index (κ2) is 7.76. The second-order valence-corrected chi connectivity index (χ2v) is 7.74. The molecule has 0 aliphatic rings. The summed E-state index contributed by atoms with van der Waals surface area (Å²) in [5.41, 5.74) is 2.30. The van der Waals surface area contributed by atoms with E-state index in [1.165, 1.54) is 23.8 Å². The number of benzene rings is 2. The zero-order chi connectivity index (χ0) is 18.6. The Labute approximate surface area is 151 Å². The molecule has 0 unspecified atom stereocenters. The highest BCUT2D eigenvalue weighted by molar-refractivity contribution is 7.89. The molecule has 1 aromatic heterocycles. The highest BCUT2D eigenvalue weighted by atomic mass is 32.2. The summed E-state index contributed by atoms with van der Waals surface area (Å²) in [6.45, 7) is 2.15. The third kappa shape index (κ3) is 4.74. The maximum atomic E-state index is 13.2. The van der Waals surface area contributed by atoms with Gasteiger partial charge in [-0.15, -0.1) is 0 Å². The molecule has 0 saturated carbocycles. The van der Waals surface area contributed by atoms with Crippen LogP contribution < -0.4 is 4.72 Å². The number of halogens is 1. The van der Waals surface area contributed by atoms with E-state index in [4.69, 9.17) is 0 Å². The summed E-state index contributed by atoms with van der Waals surface area (Å²) in [5.74, 6) is 0.649. The zero-order valence-electron chi connectivity index (χ0n) is 14.2. The molecular formula is C18H19FN4O2S. The van der Waals surface area contributed by atoms with Crippen molar-refractivity contribution < 1.29 is 12.8 Å². The van der Waals surface area contributed by atoms with E-state index in [-0.39, 0.29) is 11.4 Å². The number of hydrogen-bond acceptors (Lipinski definition) is 4. The molecule has 3 rings (SSSR count). The molecule has 0 amide bonds. The lowest BCUT2D eigenvalue weighted by Crippen LogP contribution is -2.26. The van der Waals surface area contributed by atoms with E-state index in [9.17, 15) is 12.8 Å². The quantitative estimate of drug-likeness (QED) is 0.665. The predicted molar refractivity (Wildman–Crippen MR) is 95.7 cm³/mol.